The molecule has 10 heavy (non-hydrogen) atoms. The van der Waals surface area contributed by atoms with Gasteiger partial charge in [-0.05, 0) is 18.3 Å². The number of hydrogen-bond acceptors (Lipinski definition) is 1. The van der Waals surface area contributed by atoms with Crippen LogP contribution in [0.1, 0.15) is 26.2 Å². The van der Waals surface area contributed by atoms with Gasteiger partial charge in [0.2, 0.25) is 0 Å². The molecule has 1 rings (SSSR count). The predicted octanol–water partition coefficient (Wildman–Crippen LogP) is 2.18. The number of ketones is 1. The zero-order valence-corrected chi connectivity index (χ0v) is 6.47. The Morgan fingerprint density at radius 2 is 2.50 bits per heavy atom. The van der Waals surface area contributed by atoms with Crippen LogP contribution in [0.4, 0.5) is 0 Å². The van der Waals surface area contributed by atoms with Crippen molar-refractivity contribution in [1.82, 2.24) is 0 Å². The largest absolute Gasteiger partial charge is 0.300 e. The molecule has 2 unspecified atom stereocenters. The van der Waals surface area contributed by atoms with Crippen molar-refractivity contribution >= 4 is 5.78 Å². The van der Waals surface area contributed by atoms with Crippen molar-refractivity contribution in [2.75, 3.05) is 0 Å². The molecule has 1 nitrogen and oxygen atoms in total. The second-order valence-electron chi connectivity index (χ2n) is 3.14. The standard InChI is InChI=1S/C9H14O/c1-3-7(2)8-4-5-9(10)6-8/h3,7-8H,1,4-6H2,2H3. The smallest absolute Gasteiger partial charge is 0.133 e. The Morgan fingerprint density at radius 1 is 1.80 bits per heavy atom. The Balaban J connectivity index is 2.43. The van der Waals surface area contributed by atoms with E-state index in [-0.39, 0.29) is 0 Å². The molecule has 2 atom stereocenters. The third-order valence-electron chi connectivity index (χ3n) is 2.40. The zero-order chi connectivity index (χ0) is 7.56. The Hall–Kier alpha value is -0.590. The fraction of sp³-hybridized carbons (Fsp3) is 0.667. The summed E-state index contributed by atoms with van der Waals surface area (Å²) in [6.07, 6.45) is 4.60. The Bertz CT molecular complexity index is 149. The van der Waals surface area contributed by atoms with Gasteiger partial charge in [0.05, 0.1) is 0 Å². The average Bonchev–Trinajstić information content (AvgIpc) is 2.34. The van der Waals surface area contributed by atoms with Gasteiger partial charge >= 0.3 is 0 Å². The van der Waals surface area contributed by atoms with Crippen molar-refractivity contribution in [3.05, 3.63) is 12.7 Å². The van der Waals surface area contributed by atoms with Gasteiger partial charge in [-0.15, -0.1) is 6.58 Å². The third kappa shape index (κ3) is 1.47. The zero-order valence-electron chi connectivity index (χ0n) is 6.47. The lowest BCUT2D eigenvalue weighted by atomic mass is 9.93. The summed E-state index contributed by atoms with van der Waals surface area (Å²) in [5, 5.41) is 0. The molecule has 1 fully saturated rings. The molecule has 0 heterocycles. The predicted molar refractivity (Wildman–Crippen MR) is 41.7 cm³/mol. The second-order valence-corrected chi connectivity index (χ2v) is 3.14. The van der Waals surface area contributed by atoms with E-state index >= 15 is 0 Å². The molecule has 0 amide bonds. The second kappa shape index (κ2) is 3.00. The van der Waals surface area contributed by atoms with Gasteiger partial charge < -0.3 is 0 Å². The summed E-state index contributed by atoms with van der Waals surface area (Å²) < 4.78 is 0. The molecule has 1 aliphatic carbocycles. The van der Waals surface area contributed by atoms with Gasteiger partial charge in [0.15, 0.2) is 0 Å². The highest BCUT2D eigenvalue weighted by Gasteiger charge is 2.24. The Morgan fingerprint density at radius 3 is 2.90 bits per heavy atom. The van der Waals surface area contributed by atoms with Crippen LogP contribution in [-0.2, 0) is 4.79 Å². The topological polar surface area (TPSA) is 17.1 Å². The molecule has 1 saturated carbocycles. The molecule has 0 aliphatic heterocycles. The van der Waals surface area contributed by atoms with E-state index in [1.807, 2.05) is 6.08 Å². The summed E-state index contributed by atoms with van der Waals surface area (Å²) >= 11 is 0. The molecular formula is C9H14O. The number of allylic oxidation sites excluding steroid dienone is 1. The first-order valence-electron chi connectivity index (χ1n) is 3.88. The highest BCUT2D eigenvalue weighted by Crippen LogP contribution is 2.29. The average molecular weight is 138 g/mol. The minimum absolute atomic E-state index is 0.429. The number of Topliss-reactive ketones (excluding diaryl/α,β-unsaturated/α-hetero) is 1. The van der Waals surface area contributed by atoms with Gasteiger partial charge in [-0.3, -0.25) is 4.79 Å². The molecule has 0 bridgehead atoms. The van der Waals surface area contributed by atoms with E-state index < -0.39 is 0 Å². The number of carbonyl (C=O) groups excluding carboxylic acids is 1. The minimum Gasteiger partial charge on any atom is -0.300 e. The van der Waals surface area contributed by atoms with Gasteiger partial charge in [0.25, 0.3) is 0 Å². The molecule has 0 aromatic heterocycles. The van der Waals surface area contributed by atoms with Crippen LogP contribution in [0.2, 0.25) is 0 Å². The van der Waals surface area contributed by atoms with Crippen LogP contribution in [0.15, 0.2) is 12.7 Å². The van der Waals surface area contributed by atoms with Crippen LogP contribution in [-0.4, -0.2) is 5.78 Å². The molecule has 1 heteroatoms. The van der Waals surface area contributed by atoms with Crippen molar-refractivity contribution < 1.29 is 4.79 Å². The van der Waals surface area contributed by atoms with Gasteiger partial charge in [0.1, 0.15) is 5.78 Å². The number of rotatable bonds is 2. The van der Waals surface area contributed by atoms with Gasteiger partial charge in [0, 0.05) is 12.8 Å². The number of carbonyl (C=O) groups is 1. The molecule has 0 saturated heterocycles. The van der Waals surface area contributed by atoms with E-state index in [2.05, 4.69) is 13.5 Å². The maximum atomic E-state index is 10.8. The fourth-order valence-corrected chi connectivity index (χ4v) is 1.48. The summed E-state index contributed by atoms with van der Waals surface area (Å²) in [6, 6.07) is 0. The molecule has 0 radical (unpaired) electrons. The van der Waals surface area contributed by atoms with Gasteiger partial charge in [-0.2, -0.15) is 0 Å². The SMILES string of the molecule is C=CC(C)C1CCC(=O)C1. The highest BCUT2D eigenvalue weighted by molar-refractivity contribution is 5.80. The van der Waals surface area contributed by atoms with Gasteiger partial charge in [-0.1, -0.05) is 13.0 Å². The maximum Gasteiger partial charge on any atom is 0.133 e. The molecule has 56 valence electrons. The van der Waals surface area contributed by atoms with Crippen molar-refractivity contribution in [2.24, 2.45) is 11.8 Å². The van der Waals surface area contributed by atoms with Crippen LogP contribution in [0.3, 0.4) is 0 Å². The van der Waals surface area contributed by atoms with E-state index in [0.29, 0.717) is 17.6 Å². The molecule has 0 spiro atoms. The summed E-state index contributed by atoms with van der Waals surface area (Å²) in [5.74, 6) is 1.54. The fourth-order valence-electron chi connectivity index (χ4n) is 1.48. The summed E-state index contributed by atoms with van der Waals surface area (Å²) in [5.41, 5.74) is 0. The Kier molecular flexibility index (Phi) is 2.25. The Labute approximate surface area is 62.1 Å². The van der Waals surface area contributed by atoms with E-state index in [1.165, 1.54) is 0 Å². The van der Waals surface area contributed by atoms with Crippen molar-refractivity contribution in [3.8, 4) is 0 Å². The lowest BCUT2D eigenvalue weighted by molar-refractivity contribution is -0.117. The molecular weight excluding hydrogens is 124 g/mol. The minimum atomic E-state index is 0.429. The third-order valence-corrected chi connectivity index (χ3v) is 2.40. The van der Waals surface area contributed by atoms with Crippen molar-refractivity contribution in [1.29, 1.82) is 0 Å². The van der Waals surface area contributed by atoms with Crippen LogP contribution in [0.5, 0.6) is 0 Å². The normalized spacial score (nSPS) is 28.5. The van der Waals surface area contributed by atoms with E-state index in [4.69, 9.17) is 0 Å². The molecule has 0 aromatic carbocycles. The lowest BCUT2D eigenvalue weighted by Crippen LogP contribution is -2.04. The summed E-state index contributed by atoms with van der Waals surface area (Å²) in [7, 11) is 0. The quantitative estimate of drug-likeness (QED) is 0.534. The van der Waals surface area contributed by atoms with Crippen molar-refractivity contribution in [2.45, 2.75) is 26.2 Å². The first-order chi connectivity index (χ1) is 4.74. The van der Waals surface area contributed by atoms with E-state index in [0.717, 1.165) is 19.3 Å². The summed E-state index contributed by atoms with van der Waals surface area (Å²) in [6.45, 7) is 5.85. The van der Waals surface area contributed by atoms with Crippen LogP contribution < -0.4 is 0 Å². The first-order valence-corrected chi connectivity index (χ1v) is 3.88. The summed E-state index contributed by atoms with van der Waals surface area (Å²) in [4.78, 5) is 10.8. The maximum absolute atomic E-state index is 10.8. The van der Waals surface area contributed by atoms with Gasteiger partial charge in [-0.25, -0.2) is 0 Å². The monoisotopic (exact) mass is 138 g/mol. The van der Waals surface area contributed by atoms with Crippen LogP contribution in [0, 0.1) is 11.8 Å². The van der Waals surface area contributed by atoms with Crippen LogP contribution >= 0.6 is 0 Å². The highest BCUT2D eigenvalue weighted by atomic mass is 16.1. The molecule has 1 aliphatic rings. The first kappa shape index (κ1) is 7.52. The van der Waals surface area contributed by atoms with E-state index in [1.54, 1.807) is 0 Å². The van der Waals surface area contributed by atoms with E-state index in [9.17, 15) is 4.79 Å². The molecule has 0 N–H and O–H groups in total. The van der Waals surface area contributed by atoms with Crippen molar-refractivity contribution in [3.63, 3.8) is 0 Å². The molecule has 0 aromatic rings. The van der Waals surface area contributed by atoms with Crippen LogP contribution in [0.25, 0.3) is 0 Å². The lowest BCUT2D eigenvalue weighted by Gasteiger charge is -2.11. The number of hydrogen-bond donors (Lipinski definition) is 0.